The minimum absolute atomic E-state index is 0.131. The summed E-state index contributed by atoms with van der Waals surface area (Å²) >= 11 is 0. The van der Waals surface area contributed by atoms with Crippen LogP contribution in [0.25, 0.3) is 11.2 Å². The first-order valence-corrected chi connectivity index (χ1v) is 10.2. The molecular formula is C22H29N5O3. The van der Waals surface area contributed by atoms with Crippen molar-refractivity contribution in [2.75, 3.05) is 5.32 Å². The van der Waals surface area contributed by atoms with E-state index in [1.54, 1.807) is 11.6 Å². The van der Waals surface area contributed by atoms with Crippen LogP contribution < -0.4 is 16.6 Å². The van der Waals surface area contributed by atoms with Gasteiger partial charge in [-0.15, -0.1) is 0 Å². The van der Waals surface area contributed by atoms with Crippen LogP contribution in [0.1, 0.15) is 57.1 Å². The lowest BCUT2D eigenvalue weighted by Crippen LogP contribution is -2.37. The largest absolute Gasteiger partial charge is 0.332 e. The fourth-order valence-corrected chi connectivity index (χ4v) is 3.69. The zero-order valence-electron chi connectivity index (χ0n) is 18.4. The Hall–Kier alpha value is -3.16. The normalized spacial score (nSPS) is 11.6. The molecular weight excluding hydrogens is 382 g/mol. The molecule has 0 bridgehead atoms. The molecule has 8 heteroatoms. The van der Waals surface area contributed by atoms with Gasteiger partial charge in [0.25, 0.3) is 5.56 Å². The van der Waals surface area contributed by atoms with Gasteiger partial charge in [-0.25, -0.2) is 9.78 Å². The number of imidazole rings is 1. The Morgan fingerprint density at radius 3 is 2.20 bits per heavy atom. The second kappa shape index (κ2) is 8.30. The number of hydrogen-bond acceptors (Lipinski definition) is 4. The molecule has 0 radical (unpaired) electrons. The van der Waals surface area contributed by atoms with E-state index in [4.69, 9.17) is 0 Å². The number of hydrogen-bond donors (Lipinski definition) is 1. The number of aromatic nitrogens is 4. The highest BCUT2D eigenvalue weighted by Crippen LogP contribution is 2.32. The van der Waals surface area contributed by atoms with Crippen molar-refractivity contribution in [1.82, 2.24) is 18.7 Å². The number of nitrogens with zero attached hydrogens (tertiary/aromatic N) is 4. The van der Waals surface area contributed by atoms with E-state index >= 15 is 0 Å². The van der Waals surface area contributed by atoms with Crippen LogP contribution in [0.3, 0.4) is 0 Å². The highest BCUT2D eigenvalue weighted by Gasteiger charge is 2.18. The highest BCUT2D eigenvalue weighted by atomic mass is 16.2. The summed E-state index contributed by atoms with van der Waals surface area (Å²) in [6, 6.07) is 6.11. The number of nitrogens with one attached hydrogen (secondary N) is 1. The second-order valence-electron chi connectivity index (χ2n) is 8.23. The zero-order valence-corrected chi connectivity index (χ0v) is 18.4. The highest BCUT2D eigenvalue weighted by molar-refractivity contribution is 5.92. The molecule has 1 amide bonds. The first-order chi connectivity index (χ1) is 14.1. The first kappa shape index (κ1) is 21.5. The van der Waals surface area contributed by atoms with Crippen molar-refractivity contribution in [2.24, 2.45) is 14.1 Å². The van der Waals surface area contributed by atoms with Gasteiger partial charge in [0.05, 0.1) is 6.33 Å². The Balaban J connectivity index is 1.86. The SMILES string of the molecule is CC(C)c1cccc(C(C)C)c1NC(=O)CCn1cnc2c1c(=O)n(C)c(=O)n2C. The topological polar surface area (TPSA) is 90.9 Å². The lowest BCUT2D eigenvalue weighted by atomic mass is 9.92. The lowest BCUT2D eigenvalue weighted by molar-refractivity contribution is -0.116. The molecule has 8 nitrogen and oxygen atoms in total. The molecule has 2 heterocycles. The molecule has 0 aliphatic rings. The molecule has 2 aromatic heterocycles. The van der Waals surface area contributed by atoms with E-state index in [9.17, 15) is 14.4 Å². The van der Waals surface area contributed by atoms with Gasteiger partial charge in [0.2, 0.25) is 5.91 Å². The maximum atomic E-state index is 12.8. The van der Waals surface area contributed by atoms with Gasteiger partial charge in [-0.3, -0.25) is 18.7 Å². The molecule has 0 saturated carbocycles. The molecule has 0 aliphatic carbocycles. The summed E-state index contributed by atoms with van der Waals surface area (Å²) in [7, 11) is 3.01. The molecule has 30 heavy (non-hydrogen) atoms. The van der Waals surface area contributed by atoms with Crippen molar-refractivity contribution in [3.05, 3.63) is 56.5 Å². The van der Waals surface area contributed by atoms with E-state index in [1.807, 2.05) is 18.2 Å². The van der Waals surface area contributed by atoms with Crippen LogP contribution in [0, 0.1) is 0 Å². The van der Waals surface area contributed by atoms with Gasteiger partial charge in [0.1, 0.15) is 0 Å². The monoisotopic (exact) mass is 411 g/mol. The molecule has 3 rings (SSSR count). The standard InChI is InChI=1S/C22H29N5O3/c1-13(2)15-8-7-9-16(14(3)4)18(15)24-17(28)10-11-27-12-23-20-19(27)21(29)26(6)22(30)25(20)5/h7-9,12-14H,10-11H2,1-6H3,(H,24,28). The number of benzene rings is 1. The zero-order chi connectivity index (χ0) is 22.2. The van der Waals surface area contributed by atoms with E-state index in [0.717, 1.165) is 21.4 Å². The number of anilines is 1. The number of carbonyl (C=O) groups excluding carboxylic acids is 1. The quantitative estimate of drug-likeness (QED) is 0.675. The van der Waals surface area contributed by atoms with Crippen molar-refractivity contribution in [2.45, 2.75) is 52.5 Å². The Labute approximate surface area is 175 Å². The number of para-hydroxylation sites is 1. The summed E-state index contributed by atoms with van der Waals surface area (Å²) in [6.45, 7) is 8.70. The third kappa shape index (κ3) is 3.81. The molecule has 0 saturated heterocycles. The molecule has 0 spiro atoms. The molecule has 1 N–H and O–H groups in total. The summed E-state index contributed by atoms with van der Waals surface area (Å²) < 4.78 is 4.02. The molecule has 0 aliphatic heterocycles. The van der Waals surface area contributed by atoms with Gasteiger partial charge in [-0.05, 0) is 23.0 Å². The third-order valence-corrected chi connectivity index (χ3v) is 5.43. The fraction of sp³-hybridized carbons (Fsp3) is 0.455. The van der Waals surface area contributed by atoms with Gasteiger partial charge in [0.15, 0.2) is 11.2 Å². The number of carbonyl (C=O) groups is 1. The molecule has 0 atom stereocenters. The summed E-state index contributed by atoms with van der Waals surface area (Å²) in [5, 5.41) is 3.09. The third-order valence-electron chi connectivity index (χ3n) is 5.43. The fourth-order valence-electron chi connectivity index (χ4n) is 3.69. The molecule has 160 valence electrons. The maximum absolute atomic E-state index is 12.8. The van der Waals surface area contributed by atoms with E-state index in [0.29, 0.717) is 11.2 Å². The Kier molecular flexibility index (Phi) is 5.96. The van der Waals surface area contributed by atoms with Crippen LogP contribution in [-0.4, -0.2) is 24.6 Å². The maximum Gasteiger partial charge on any atom is 0.332 e. The van der Waals surface area contributed by atoms with Crippen LogP contribution in [0.15, 0.2) is 34.1 Å². The van der Waals surface area contributed by atoms with Crippen LogP contribution in [-0.2, 0) is 25.4 Å². The minimum Gasteiger partial charge on any atom is -0.326 e. The van der Waals surface area contributed by atoms with Crippen LogP contribution in [0.5, 0.6) is 0 Å². The lowest BCUT2D eigenvalue weighted by Gasteiger charge is -2.20. The molecule has 3 aromatic rings. The summed E-state index contributed by atoms with van der Waals surface area (Å²) in [6.07, 6.45) is 1.68. The smallest absolute Gasteiger partial charge is 0.326 e. The van der Waals surface area contributed by atoms with Crippen molar-refractivity contribution >= 4 is 22.8 Å². The van der Waals surface area contributed by atoms with Crippen LogP contribution in [0.4, 0.5) is 5.69 Å². The van der Waals surface area contributed by atoms with Gasteiger partial charge in [0, 0.05) is 32.7 Å². The van der Waals surface area contributed by atoms with Gasteiger partial charge < -0.3 is 9.88 Å². The predicted molar refractivity (Wildman–Crippen MR) is 118 cm³/mol. The van der Waals surface area contributed by atoms with E-state index in [1.165, 1.54) is 17.9 Å². The Morgan fingerprint density at radius 1 is 1.03 bits per heavy atom. The van der Waals surface area contributed by atoms with Crippen molar-refractivity contribution in [3.8, 4) is 0 Å². The minimum atomic E-state index is -0.429. The summed E-state index contributed by atoms with van der Waals surface area (Å²) in [5.41, 5.74) is 2.87. The van der Waals surface area contributed by atoms with Gasteiger partial charge in [-0.1, -0.05) is 45.9 Å². The number of fused-ring (bicyclic) bond motifs is 1. The van der Waals surface area contributed by atoms with Crippen molar-refractivity contribution < 1.29 is 4.79 Å². The number of amides is 1. The number of aryl methyl sites for hydroxylation is 2. The van der Waals surface area contributed by atoms with Gasteiger partial charge in [-0.2, -0.15) is 0 Å². The molecule has 0 fully saturated rings. The van der Waals surface area contributed by atoms with Crippen molar-refractivity contribution in [3.63, 3.8) is 0 Å². The Morgan fingerprint density at radius 2 is 1.63 bits per heavy atom. The van der Waals surface area contributed by atoms with Crippen molar-refractivity contribution in [1.29, 1.82) is 0 Å². The van der Waals surface area contributed by atoms with E-state index in [-0.39, 0.29) is 30.7 Å². The first-order valence-electron chi connectivity index (χ1n) is 10.2. The van der Waals surface area contributed by atoms with Gasteiger partial charge >= 0.3 is 5.69 Å². The van der Waals surface area contributed by atoms with E-state index < -0.39 is 11.2 Å². The molecule has 0 unspecified atom stereocenters. The second-order valence-corrected chi connectivity index (χ2v) is 8.23. The molecule has 1 aromatic carbocycles. The van der Waals surface area contributed by atoms with E-state index in [2.05, 4.69) is 38.0 Å². The number of rotatable bonds is 6. The Bertz CT molecular complexity index is 1190. The van der Waals surface area contributed by atoms with Crippen LogP contribution >= 0.6 is 0 Å². The predicted octanol–water partition coefficient (Wildman–Crippen LogP) is 2.71. The summed E-state index contributed by atoms with van der Waals surface area (Å²) in [4.78, 5) is 41.6. The average Bonchev–Trinajstić information content (AvgIpc) is 3.13. The average molecular weight is 412 g/mol. The summed E-state index contributed by atoms with van der Waals surface area (Å²) in [5.74, 6) is 0.426. The van der Waals surface area contributed by atoms with Crippen LogP contribution in [0.2, 0.25) is 0 Å².